The Hall–Kier alpha value is -3.10. The highest BCUT2D eigenvalue weighted by molar-refractivity contribution is 7.90. The molecule has 9 nitrogen and oxygen atoms in total. The molecular weight excluding hydrogens is 563 g/mol. The van der Waals surface area contributed by atoms with E-state index in [1.165, 1.54) is 43.3 Å². The van der Waals surface area contributed by atoms with Crippen molar-refractivity contribution in [1.82, 2.24) is 4.98 Å². The van der Waals surface area contributed by atoms with E-state index in [4.69, 9.17) is 16.3 Å². The van der Waals surface area contributed by atoms with Crippen LogP contribution in [-0.2, 0) is 35.9 Å². The highest BCUT2D eigenvalue weighted by atomic mass is 35.5. The molecule has 0 unspecified atom stereocenters. The number of esters is 1. The van der Waals surface area contributed by atoms with Crippen LogP contribution < -0.4 is 8.92 Å². The molecule has 0 aliphatic rings. The van der Waals surface area contributed by atoms with E-state index in [2.05, 4.69) is 13.9 Å². The summed E-state index contributed by atoms with van der Waals surface area (Å²) in [5.41, 5.74) is -5.33. The fourth-order valence-corrected chi connectivity index (χ4v) is 4.57. The number of hydrogen-bond acceptors (Lipinski definition) is 9. The number of pyridine rings is 1. The number of rotatable bonds is 8. The van der Waals surface area contributed by atoms with E-state index in [1.54, 1.807) is 0 Å². The lowest BCUT2D eigenvalue weighted by atomic mass is 9.98. The van der Waals surface area contributed by atoms with Crippen LogP contribution >= 0.6 is 11.6 Å². The number of sulfone groups is 1. The number of hydrogen-bond donors (Lipinski definition) is 0. The van der Waals surface area contributed by atoms with E-state index in [0.717, 1.165) is 13.4 Å². The van der Waals surface area contributed by atoms with Crippen LogP contribution in [0.25, 0.3) is 10.9 Å². The zero-order chi connectivity index (χ0) is 27.8. The number of aryl methyl sites for hydroxylation is 1. The maximum Gasteiger partial charge on any atom is 0.534 e. The third kappa shape index (κ3) is 6.25. The summed E-state index contributed by atoms with van der Waals surface area (Å²) in [5.74, 6) is -1.51. The molecule has 37 heavy (non-hydrogen) atoms. The predicted octanol–water partition coefficient (Wildman–Crippen LogP) is 3.97. The van der Waals surface area contributed by atoms with Gasteiger partial charge < -0.3 is 13.7 Å². The molecule has 0 saturated heterocycles. The van der Waals surface area contributed by atoms with Crippen LogP contribution in [0.5, 0.6) is 11.6 Å². The van der Waals surface area contributed by atoms with Gasteiger partial charge in [-0.2, -0.15) is 21.6 Å². The Labute approximate surface area is 215 Å². The first-order valence-electron chi connectivity index (χ1n) is 10.2. The summed E-state index contributed by atoms with van der Waals surface area (Å²) in [6.07, 6.45) is 0.803. The number of nitrogens with zero attached hydrogens (tertiary/aromatic N) is 1. The molecule has 0 fully saturated rings. The zero-order valence-electron chi connectivity index (χ0n) is 19.4. The van der Waals surface area contributed by atoms with Gasteiger partial charge in [0.05, 0.1) is 22.5 Å². The Balaban J connectivity index is 2.24. The molecule has 0 saturated carbocycles. The SMILES string of the molecule is COC(=O)COc1ccc(Cl)c2nc(OS(=O)(=O)C(F)(F)F)c(Cc3ccc(S(C)(=O)=O)cc3)c(C)c12. The highest BCUT2D eigenvalue weighted by Gasteiger charge is 2.49. The van der Waals surface area contributed by atoms with Gasteiger partial charge in [-0.1, -0.05) is 23.7 Å². The Kier molecular flexibility index (Phi) is 7.96. The molecule has 1 heterocycles. The van der Waals surface area contributed by atoms with E-state index in [1.807, 2.05) is 0 Å². The molecule has 0 spiro atoms. The molecule has 0 bridgehead atoms. The fourth-order valence-electron chi connectivity index (χ4n) is 3.30. The van der Waals surface area contributed by atoms with Gasteiger partial charge in [0, 0.05) is 23.6 Å². The molecule has 0 amide bonds. The molecule has 3 rings (SSSR count). The minimum atomic E-state index is -6.10. The molecule has 0 aliphatic heterocycles. The monoisotopic (exact) mass is 581 g/mol. The molecule has 0 N–H and O–H groups in total. The number of aromatic nitrogens is 1. The standard InChI is InChI=1S/C22H19ClF3NO8S2/c1-12-15(10-13-4-6-14(7-5-13)36(3,29)30)21(35-37(31,32)22(24,25)26)27-20-16(23)8-9-17(19(12)20)34-11-18(28)33-2/h4-9H,10-11H2,1-3H3. The van der Waals surface area contributed by atoms with Gasteiger partial charge in [-0.25, -0.2) is 18.2 Å². The van der Waals surface area contributed by atoms with E-state index in [-0.39, 0.29) is 44.1 Å². The number of halogens is 4. The van der Waals surface area contributed by atoms with Crippen LogP contribution in [0, 0.1) is 6.92 Å². The molecule has 2 aromatic carbocycles. The van der Waals surface area contributed by atoms with Gasteiger partial charge in [0.1, 0.15) is 5.75 Å². The summed E-state index contributed by atoms with van der Waals surface area (Å²) in [7, 11) is -8.47. The third-order valence-corrected chi connectivity index (χ3v) is 7.55. The number of benzene rings is 2. The number of ether oxygens (including phenoxy) is 2. The van der Waals surface area contributed by atoms with Gasteiger partial charge in [-0.3, -0.25) is 0 Å². The van der Waals surface area contributed by atoms with Crippen molar-refractivity contribution in [2.45, 2.75) is 23.7 Å². The fraction of sp³-hybridized carbons (Fsp3) is 0.273. The van der Waals surface area contributed by atoms with Crippen LogP contribution in [-0.4, -0.2) is 53.3 Å². The van der Waals surface area contributed by atoms with Gasteiger partial charge in [0.25, 0.3) is 0 Å². The number of alkyl halides is 3. The average molecular weight is 582 g/mol. The van der Waals surface area contributed by atoms with E-state index < -0.39 is 43.9 Å². The van der Waals surface area contributed by atoms with Crippen molar-refractivity contribution in [2.24, 2.45) is 0 Å². The van der Waals surface area contributed by atoms with Gasteiger partial charge in [-0.15, -0.1) is 0 Å². The van der Waals surface area contributed by atoms with Crippen LogP contribution in [0.1, 0.15) is 16.7 Å². The summed E-state index contributed by atoms with van der Waals surface area (Å²) in [5, 5.41) is 0.137. The lowest BCUT2D eigenvalue weighted by Gasteiger charge is -2.18. The van der Waals surface area contributed by atoms with Crippen molar-refractivity contribution in [2.75, 3.05) is 20.0 Å². The minimum Gasteiger partial charge on any atom is -0.481 e. The van der Waals surface area contributed by atoms with Gasteiger partial charge in [-0.05, 0) is 42.3 Å². The molecule has 0 aliphatic carbocycles. The topological polar surface area (TPSA) is 126 Å². The zero-order valence-corrected chi connectivity index (χ0v) is 21.8. The number of carbonyl (C=O) groups excluding carboxylic acids is 1. The molecule has 15 heteroatoms. The minimum absolute atomic E-state index is 0.00556. The highest BCUT2D eigenvalue weighted by Crippen LogP contribution is 2.39. The van der Waals surface area contributed by atoms with E-state index in [0.29, 0.717) is 5.56 Å². The molecule has 3 aromatic rings. The van der Waals surface area contributed by atoms with Crippen LogP contribution in [0.3, 0.4) is 0 Å². The number of methoxy groups -OCH3 is 1. The lowest BCUT2D eigenvalue weighted by molar-refractivity contribution is -0.142. The summed E-state index contributed by atoms with van der Waals surface area (Å²) < 4.78 is 101. The van der Waals surface area contributed by atoms with Crippen LogP contribution in [0.15, 0.2) is 41.3 Å². The lowest BCUT2D eigenvalue weighted by Crippen LogP contribution is -2.29. The molecule has 0 radical (unpaired) electrons. The smallest absolute Gasteiger partial charge is 0.481 e. The second-order valence-electron chi connectivity index (χ2n) is 7.73. The van der Waals surface area contributed by atoms with Crippen molar-refractivity contribution < 1.29 is 48.5 Å². The Morgan fingerprint density at radius 1 is 1.05 bits per heavy atom. The van der Waals surface area contributed by atoms with Crippen LogP contribution in [0.4, 0.5) is 13.2 Å². The predicted molar refractivity (Wildman–Crippen MR) is 127 cm³/mol. The third-order valence-electron chi connectivity index (χ3n) is 5.17. The maximum atomic E-state index is 13.1. The normalized spacial score (nSPS) is 12.4. The number of fused-ring (bicyclic) bond motifs is 1. The molecule has 1 aromatic heterocycles. The van der Waals surface area contributed by atoms with E-state index in [9.17, 15) is 34.8 Å². The van der Waals surface area contributed by atoms with Gasteiger partial charge in [0.15, 0.2) is 16.4 Å². The first kappa shape index (κ1) is 28.5. The van der Waals surface area contributed by atoms with Crippen molar-refractivity contribution in [3.05, 3.63) is 58.1 Å². The van der Waals surface area contributed by atoms with Gasteiger partial charge in [0.2, 0.25) is 5.88 Å². The summed E-state index contributed by atoms with van der Waals surface area (Å²) in [6, 6.07) is 8.12. The summed E-state index contributed by atoms with van der Waals surface area (Å²) in [6.45, 7) is 0.953. The summed E-state index contributed by atoms with van der Waals surface area (Å²) >= 11 is 6.20. The van der Waals surface area contributed by atoms with Crippen molar-refractivity contribution >= 4 is 48.4 Å². The molecule has 200 valence electrons. The molecule has 0 atom stereocenters. The Morgan fingerprint density at radius 3 is 2.22 bits per heavy atom. The quantitative estimate of drug-likeness (QED) is 0.221. The van der Waals surface area contributed by atoms with Crippen molar-refractivity contribution in [1.29, 1.82) is 0 Å². The van der Waals surface area contributed by atoms with Crippen molar-refractivity contribution in [3.63, 3.8) is 0 Å². The summed E-state index contributed by atoms with van der Waals surface area (Å²) in [4.78, 5) is 15.5. The van der Waals surface area contributed by atoms with Crippen LogP contribution in [0.2, 0.25) is 5.02 Å². The number of carbonyl (C=O) groups is 1. The first-order valence-corrected chi connectivity index (χ1v) is 13.8. The maximum absolute atomic E-state index is 13.1. The largest absolute Gasteiger partial charge is 0.534 e. The molecular formula is C22H19ClF3NO8S2. The second-order valence-corrected chi connectivity index (χ2v) is 11.7. The van der Waals surface area contributed by atoms with Crippen molar-refractivity contribution in [3.8, 4) is 11.6 Å². The Morgan fingerprint density at radius 2 is 1.68 bits per heavy atom. The van der Waals surface area contributed by atoms with Gasteiger partial charge >= 0.3 is 21.6 Å². The second kappa shape index (κ2) is 10.3. The first-order chi connectivity index (χ1) is 17.0. The average Bonchev–Trinajstić information content (AvgIpc) is 2.80. The van der Waals surface area contributed by atoms with E-state index >= 15 is 0 Å². The Bertz CT molecular complexity index is 1570.